The molecule has 35 heavy (non-hydrogen) atoms. The Balaban J connectivity index is 1.34. The van der Waals surface area contributed by atoms with Crippen molar-refractivity contribution in [3.05, 3.63) is 33.7 Å². The van der Waals surface area contributed by atoms with E-state index in [1.54, 1.807) is 11.3 Å². The maximum absolute atomic E-state index is 12.8. The van der Waals surface area contributed by atoms with Crippen LogP contribution < -0.4 is 10.1 Å². The number of hydrogen-bond donors (Lipinski definition) is 1. The Morgan fingerprint density at radius 1 is 1.17 bits per heavy atom. The summed E-state index contributed by atoms with van der Waals surface area (Å²) in [6.07, 6.45) is 0. The van der Waals surface area contributed by atoms with Gasteiger partial charge in [0.05, 0.1) is 35.4 Å². The SMILES string of the molecule is Cc1cc(Cl)cc(-c2c3sc(CN4C(=O)C5C(C4=O)C5(C)C)cc3nn2C)c1OCC1(C)CNC1. The van der Waals surface area contributed by atoms with E-state index in [-0.39, 0.29) is 34.5 Å². The first-order chi connectivity index (χ1) is 16.5. The highest BCUT2D eigenvalue weighted by Crippen LogP contribution is 2.63. The molecule has 1 aromatic carbocycles. The van der Waals surface area contributed by atoms with Gasteiger partial charge >= 0.3 is 0 Å². The summed E-state index contributed by atoms with van der Waals surface area (Å²) in [6, 6.07) is 5.84. The molecule has 6 rings (SSSR count). The summed E-state index contributed by atoms with van der Waals surface area (Å²) in [5.41, 5.74) is 3.56. The summed E-state index contributed by atoms with van der Waals surface area (Å²) in [5.74, 6) is 0.395. The molecule has 1 N–H and O–H groups in total. The second-order valence-electron chi connectivity index (χ2n) is 11.2. The van der Waals surface area contributed by atoms with Crippen molar-refractivity contribution in [2.24, 2.45) is 29.7 Å². The fourth-order valence-electron chi connectivity index (χ4n) is 5.72. The van der Waals surface area contributed by atoms with Gasteiger partial charge in [0.1, 0.15) is 11.3 Å². The third-order valence-electron chi connectivity index (χ3n) is 7.93. The summed E-state index contributed by atoms with van der Waals surface area (Å²) in [6.45, 7) is 11.0. The van der Waals surface area contributed by atoms with Crippen LogP contribution in [0.5, 0.6) is 5.75 Å². The van der Waals surface area contributed by atoms with Crippen LogP contribution in [0.3, 0.4) is 0 Å². The molecule has 0 spiro atoms. The first-order valence-electron chi connectivity index (χ1n) is 11.9. The Hall–Kier alpha value is -2.42. The third kappa shape index (κ3) is 3.44. The van der Waals surface area contributed by atoms with E-state index in [1.807, 2.05) is 50.7 Å². The quantitative estimate of drug-likeness (QED) is 0.496. The Labute approximate surface area is 213 Å². The van der Waals surface area contributed by atoms with Crippen molar-refractivity contribution in [1.82, 2.24) is 20.0 Å². The summed E-state index contributed by atoms with van der Waals surface area (Å²) in [4.78, 5) is 28.0. The van der Waals surface area contributed by atoms with Crippen molar-refractivity contribution >= 4 is 45.0 Å². The summed E-state index contributed by atoms with van der Waals surface area (Å²) in [7, 11) is 1.92. The number of thiophene rings is 1. The van der Waals surface area contributed by atoms with E-state index in [9.17, 15) is 9.59 Å². The van der Waals surface area contributed by atoms with Gasteiger partial charge in [-0.25, -0.2) is 0 Å². The van der Waals surface area contributed by atoms with Crippen LogP contribution in [0, 0.1) is 29.6 Å². The number of benzene rings is 1. The maximum atomic E-state index is 12.8. The highest BCUT2D eigenvalue weighted by atomic mass is 35.5. The molecule has 184 valence electrons. The van der Waals surface area contributed by atoms with Gasteiger partial charge in [-0.15, -0.1) is 11.3 Å². The molecule has 3 aromatic rings. The molecule has 2 saturated heterocycles. The molecular weight excluding hydrogens is 484 g/mol. The van der Waals surface area contributed by atoms with E-state index < -0.39 is 0 Å². The maximum Gasteiger partial charge on any atom is 0.234 e. The van der Waals surface area contributed by atoms with Crippen LogP contribution in [0.25, 0.3) is 21.5 Å². The average molecular weight is 513 g/mol. The van der Waals surface area contributed by atoms with Crippen molar-refractivity contribution < 1.29 is 14.3 Å². The molecule has 1 aliphatic carbocycles. The Bertz CT molecular complexity index is 1380. The molecule has 2 unspecified atom stereocenters. The number of likely N-dealkylation sites (tertiary alicyclic amines) is 1. The van der Waals surface area contributed by atoms with E-state index in [2.05, 4.69) is 12.2 Å². The normalized spacial score (nSPS) is 24.1. The van der Waals surface area contributed by atoms with Gasteiger partial charge in [0.25, 0.3) is 0 Å². The van der Waals surface area contributed by atoms with E-state index in [1.165, 1.54) is 4.90 Å². The average Bonchev–Trinajstić information content (AvgIpc) is 2.99. The molecule has 3 fully saturated rings. The van der Waals surface area contributed by atoms with Gasteiger partial charge in [0.2, 0.25) is 11.8 Å². The monoisotopic (exact) mass is 512 g/mol. The van der Waals surface area contributed by atoms with E-state index >= 15 is 0 Å². The second-order valence-corrected chi connectivity index (χ2v) is 12.8. The number of aromatic nitrogens is 2. The molecule has 1 saturated carbocycles. The number of nitrogens with zero attached hydrogens (tertiary/aromatic N) is 3. The van der Waals surface area contributed by atoms with Gasteiger partial charge in [-0.1, -0.05) is 32.4 Å². The number of halogens is 1. The molecule has 0 bridgehead atoms. The first kappa shape index (κ1) is 23.0. The zero-order valence-electron chi connectivity index (χ0n) is 20.6. The van der Waals surface area contributed by atoms with Gasteiger partial charge in [-0.05, 0) is 36.1 Å². The number of aryl methyl sites for hydroxylation is 2. The van der Waals surface area contributed by atoms with Crippen LogP contribution in [0.1, 0.15) is 31.2 Å². The van der Waals surface area contributed by atoms with Crippen molar-refractivity contribution in [3.8, 4) is 17.0 Å². The van der Waals surface area contributed by atoms with Crippen LogP contribution in [-0.4, -0.2) is 46.2 Å². The largest absolute Gasteiger partial charge is 0.492 e. The Kier molecular flexibility index (Phi) is 4.96. The van der Waals surface area contributed by atoms with Crippen LogP contribution in [0.2, 0.25) is 5.02 Å². The summed E-state index contributed by atoms with van der Waals surface area (Å²) < 4.78 is 9.26. The highest BCUT2D eigenvalue weighted by molar-refractivity contribution is 7.19. The van der Waals surface area contributed by atoms with Crippen molar-refractivity contribution in [2.45, 2.75) is 34.2 Å². The minimum Gasteiger partial charge on any atom is -0.492 e. The molecule has 3 aliphatic rings. The third-order valence-corrected chi connectivity index (χ3v) is 9.26. The van der Waals surface area contributed by atoms with Crippen molar-refractivity contribution in [1.29, 1.82) is 0 Å². The standard InChI is InChI=1S/C26H29ClN4O3S/c1-13-6-14(27)7-16(21(13)34-12-26(4)10-28-11-26)20-22-17(29-30(20)5)8-15(35-22)9-31-23(32)18-19(24(31)33)25(18,2)3/h6-8,18-19,28H,9-12H2,1-5H3. The van der Waals surface area contributed by atoms with E-state index in [0.29, 0.717) is 18.2 Å². The van der Waals surface area contributed by atoms with Crippen LogP contribution >= 0.6 is 22.9 Å². The van der Waals surface area contributed by atoms with Crippen molar-refractivity contribution in [2.75, 3.05) is 19.7 Å². The number of rotatable bonds is 6. The lowest BCUT2D eigenvalue weighted by molar-refractivity contribution is -0.143. The lowest BCUT2D eigenvalue weighted by Gasteiger charge is -2.39. The van der Waals surface area contributed by atoms with E-state index in [4.69, 9.17) is 21.4 Å². The number of piperidine rings is 1. The predicted molar refractivity (Wildman–Crippen MR) is 137 cm³/mol. The number of amides is 2. The van der Waals surface area contributed by atoms with Gasteiger partial charge in [-0.2, -0.15) is 5.10 Å². The molecular formula is C26H29ClN4O3S. The van der Waals surface area contributed by atoms with Crippen LogP contribution in [-0.2, 0) is 23.2 Å². The number of fused-ring (bicyclic) bond motifs is 2. The molecule has 2 atom stereocenters. The fraction of sp³-hybridized carbons (Fsp3) is 0.500. The lowest BCUT2D eigenvalue weighted by atomic mass is 9.85. The molecule has 2 aliphatic heterocycles. The summed E-state index contributed by atoms with van der Waals surface area (Å²) >= 11 is 8.06. The van der Waals surface area contributed by atoms with E-state index in [0.717, 1.165) is 50.8 Å². The van der Waals surface area contributed by atoms with Gasteiger partial charge in [0, 0.05) is 41.0 Å². The molecule has 0 radical (unpaired) electrons. The fourth-order valence-corrected chi connectivity index (χ4v) is 7.16. The Morgan fingerprint density at radius 3 is 2.49 bits per heavy atom. The van der Waals surface area contributed by atoms with Crippen LogP contribution in [0.15, 0.2) is 18.2 Å². The molecule has 9 heteroatoms. The zero-order valence-corrected chi connectivity index (χ0v) is 22.1. The number of hydrogen-bond acceptors (Lipinski definition) is 6. The number of nitrogens with one attached hydrogen (secondary N) is 1. The molecule has 4 heterocycles. The number of ether oxygens (including phenoxy) is 1. The van der Waals surface area contributed by atoms with Crippen LogP contribution in [0.4, 0.5) is 0 Å². The Morgan fingerprint density at radius 2 is 1.86 bits per heavy atom. The summed E-state index contributed by atoms with van der Waals surface area (Å²) in [5, 5.41) is 8.70. The van der Waals surface area contributed by atoms with Gasteiger partial charge in [0.15, 0.2) is 0 Å². The topological polar surface area (TPSA) is 76.5 Å². The predicted octanol–water partition coefficient (Wildman–Crippen LogP) is 4.39. The minimum absolute atomic E-state index is 0.0445. The molecule has 7 nitrogen and oxygen atoms in total. The number of carbonyl (C=O) groups excluding carboxylic acids is 2. The number of imide groups is 1. The van der Waals surface area contributed by atoms with Crippen molar-refractivity contribution in [3.63, 3.8) is 0 Å². The second kappa shape index (κ2) is 7.54. The zero-order chi connectivity index (χ0) is 24.9. The molecule has 2 amide bonds. The minimum atomic E-state index is -0.200. The molecule has 2 aromatic heterocycles. The smallest absolute Gasteiger partial charge is 0.234 e. The highest BCUT2D eigenvalue weighted by Gasteiger charge is 2.72. The first-order valence-corrected chi connectivity index (χ1v) is 13.1. The lowest BCUT2D eigenvalue weighted by Crippen LogP contribution is -2.54. The van der Waals surface area contributed by atoms with Gasteiger partial charge < -0.3 is 10.1 Å². The number of carbonyl (C=O) groups is 2. The van der Waals surface area contributed by atoms with Gasteiger partial charge in [-0.3, -0.25) is 19.2 Å².